The van der Waals surface area contributed by atoms with Gasteiger partial charge in [-0.3, -0.25) is 5.21 Å². The average Bonchev–Trinajstić information content (AvgIpc) is 2.92. The molecule has 10 heteroatoms. The van der Waals surface area contributed by atoms with Gasteiger partial charge >= 0.3 is 5.97 Å². The molecule has 20 heavy (non-hydrogen) atoms. The Morgan fingerprint density at radius 1 is 1.45 bits per heavy atom. The van der Waals surface area contributed by atoms with E-state index in [0.717, 1.165) is 37.5 Å². The van der Waals surface area contributed by atoms with Crippen LogP contribution < -0.4 is 9.37 Å². The summed E-state index contributed by atoms with van der Waals surface area (Å²) in [5.41, 5.74) is 1.95. The first kappa shape index (κ1) is 15.9. The zero-order valence-electron chi connectivity index (χ0n) is 11.2. The second-order valence-electron chi connectivity index (χ2n) is 4.22. The maximum absolute atomic E-state index is 11.4. The van der Waals surface area contributed by atoms with Gasteiger partial charge in [0.2, 0.25) is 5.13 Å². The average molecular weight is 337 g/mol. The SMILES string of the molecule is CSN1CC[N+](SC)(c2nc(NO)sc2C(=O)O)CC1. The molecule has 0 bridgehead atoms. The third-order valence-corrected chi connectivity index (χ3v) is 6.37. The molecule has 1 aliphatic heterocycles. The summed E-state index contributed by atoms with van der Waals surface area (Å²) in [6, 6.07) is 0. The van der Waals surface area contributed by atoms with Gasteiger partial charge in [0.05, 0.1) is 25.0 Å². The minimum absolute atomic E-state index is 0.188. The first-order valence-corrected chi connectivity index (χ1v) is 9.11. The molecule has 1 aromatic heterocycles. The molecule has 7 nitrogen and oxygen atoms in total. The van der Waals surface area contributed by atoms with Crippen LogP contribution in [0.4, 0.5) is 10.9 Å². The fourth-order valence-electron chi connectivity index (χ4n) is 2.21. The highest BCUT2D eigenvalue weighted by atomic mass is 32.2. The molecule has 0 atom stereocenters. The molecule has 2 rings (SSSR count). The molecular weight excluding hydrogens is 320 g/mol. The number of quaternary nitrogens is 1. The van der Waals surface area contributed by atoms with E-state index in [9.17, 15) is 9.90 Å². The standard InChI is InChI=1S/C10H16N4O3S3/c1-18-13-3-5-14(19-2,6-4-13)8-7(9(15)16)20-10(11-8)12-17/h3-6H2,1-2H3,(H2-,11,12,15,16,17)/p+1. The first-order chi connectivity index (χ1) is 9.56. The van der Waals surface area contributed by atoms with E-state index in [4.69, 9.17) is 5.21 Å². The van der Waals surface area contributed by atoms with Gasteiger partial charge in [-0.05, 0) is 6.26 Å². The Labute approximate surface area is 129 Å². The predicted molar refractivity (Wildman–Crippen MR) is 84.6 cm³/mol. The molecule has 1 aromatic rings. The molecule has 0 spiro atoms. The molecule has 112 valence electrons. The number of carboxylic acid groups (broad SMARTS) is 1. The number of hydrogen-bond donors (Lipinski definition) is 3. The van der Waals surface area contributed by atoms with Gasteiger partial charge in [0.15, 0.2) is 4.88 Å². The van der Waals surface area contributed by atoms with Gasteiger partial charge in [0, 0.05) is 6.26 Å². The summed E-state index contributed by atoms with van der Waals surface area (Å²) in [5.74, 6) is -0.481. The Hall–Kier alpha value is -0.520. The number of piperazine rings is 1. The molecule has 0 amide bonds. The summed E-state index contributed by atoms with van der Waals surface area (Å²) in [7, 11) is 0. The lowest BCUT2D eigenvalue weighted by Crippen LogP contribution is -2.55. The Morgan fingerprint density at radius 2 is 2.10 bits per heavy atom. The van der Waals surface area contributed by atoms with Crippen LogP contribution in [-0.4, -0.2) is 64.3 Å². The smallest absolute Gasteiger partial charge is 0.354 e. The second kappa shape index (κ2) is 6.50. The van der Waals surface area contributed by atoms with E-state index in [2.05, 4.69) is 9.29 Å². The molecule has 2 heterocycles. The van der Waals surface area contributed by atoms with Crippen molar-refractivity contribution in [3.05, 3.63) is 4.88 Å². The zero-order chi connectivity index (χ0) is 14.8. The number of rotatable bonds is 5. The Bertz CT molecular complexity index is 488. The third kappa shape index (κ3) is 2.90. The van der Waals surface area contributed by atoms with Gasteiger partial charge in [-0.1, -0.05) is 23.3 Å². The molecule has 0 aliphatic carbocycles. The molecule has 3 N–H and O–H groups in total. The van der Waals surface area contributed by atoms with E-state index >= 15 is 0 Å². The molecule has 0 saturated carbocycles. The number of thiazole rings is 1. The minimum atomic E-state index is -1.00. The number of carboxylic acids is 1. The second-order valence-corrected chi connectivity index (χ2v) is 7.16. The lowest BCUT2D eigenvalue weighted by atomic mass is 10.3. The Balaban J connectivity index is 2.36. The van der Waals surface area contributed by atoms with Crippen molar-refractivity contribution in [1.82, 2.24) is 13.2 Å². The quantitative estimate of drug-likeness (QED) is 0.426. The van der Waals surface area contributed by atoms with Crippen LogP contribution >= 0.6 is 35.2 Å². The summed E-state index contributed by atoms with van der Waals surface area (Å²) in [5, 5.41) is 18.5. The van der Waals surface area contributed by atoms with Gasteiger partial charge in [0.1, 0.15) is 13.1 Å². The number of hydrogen-bond acceptors (Lipinski definition) is 8. The lowest BCUT2D eigenvalue weighted by Gasteiger charge is -2.39. The van der Waals surface area contributed by atoms with Crippen molar-refractivity contribution in [3.63, 3.8) is 0 Å². The molecule has 0 aromatic carbocycles. The van der Waals surface area contributed by atoms with Gasteiger partial charge in [0.25, 0.3) is 5.82 Å². The molecule has 0 unspecified atom stereocenters. The highest BCUT2D eigenvalue weighted by Gasteiger charge is 2.42. The summed E-state index contributed by atoms with van der Waals surface area (Å²) < 4.78 is 2.72. The number of carbonyl (C=O) groups is 1. The van der Waals surface area contributed by atoms with Gasteiger partial charge < -0.3 is 5.11 Å². The summed E-state index contributed by atoms with van der Waals surface area (Å²) in [6.45, 7) is 3.33. The maximum Gasteiger partial charge on any atom is 0.354 e. The molecule has 1 aliphatic rings. The highest BCUT2D eigenvalue weighted by Crippen LogP contribution is 2.39. The van der Waals surface area contributed by atoms with Crippen LogP contribution in [0.25, 0.3) is 0 Å². The van der Waals surface area contributed by atoms with Crippen LogP contribution in [0.1, 0.15) is 9.67 Å². The number of nitrogens with zero attached hydrogens (tertiary/aromatic N) is 3. The largest absolute Gasteiger partial charge is 0.477 e. The maximum atomic E-state index is 11.4. The van der Waals surface area contributed by atoms with Crippen molar-refractivity contribution in [2.45, 2.75) is 0 Å². The van der Waals surface area contributed by atoms with E-state index < -0.39 is 5.97 Å². The highest BCUT2D eigenvalue weighted by molar-refractivity contribution is 7.98. The van der Waals surface area contributed by atoms with E-state index in [1.165, 1.54) is 0 Å². The number of anilines is 1. The van der Waals surface area contributed by atoms with Gasteiger partial charge in [-0.25, -0.2) is 18.5 Å². The van der Waals surface area contributed by atoms with Crippen molar-refractivity contribution >= 4 is 52.2 Å². The Morgan fingerprint density at radius 3 is 2.55 bits per heavy atom. The predicted octanol–water partition coefficient (Wildman–Crippen LogP) is 1.82. The van der Waals surface area contributed by atoms with Gasteiger partial charge in [-0.15, -0.1) is 0 Å². The Kier molecular flexibility index (Phi) is 5.15. The van der Waals surface area contributed by atoms with Crippen molar-refractivity contribution in [3.8, 4) is 0 Å². The summed E-state index contributed by atoms with van der Waals surface area (Å²) in [6.07, 6.45) is 4.00. The van der Waals surface area contributed by atoms with Crippen molar-refractivity contribution < 1.29 is 15.1 Å². The summed E-state index contributed by atoms with van der Waals surface area (Å²) >= 11 is 4.25. The lowest BCUT2D eigenvalue weighted by molar-refractivity contribution is 0.0700. The van der Waals surface area contributed by atoms with Crippen LogP contribution in [-0.2, 0) is 0 Å². The van der Waals surface area contributed by atoms with E-state index in [0.29, 0.717) is 9.71 Å². The molecule has 1 saturated heterocycles. The first-order valence-electron chi connectivity index (χ1n) is 5.93. The fourth-order valence-corrected chi connectivity index (χ4v) is 4.40. The number of nitrogens with one attached hydrogen (secondary N) is 1. The van der Waals surface area contributed by atoms with Gasteiger partial charge in [-0.2, -0.15) is 4.98 Å². The van der Waals surface area contributed by atoms with Crippen LogP contribution in [0, 0.1) is 0 Å². The normalized spacial score (nSPS) is 18.9. The zero-order valence-corrected chi connectivity index (χ0v) is 13.6. The van der Waals surface area contributed by atoms with E-state index in [1.807, 2.05) is 18.0 Å². The monoisotopic (exact) mass is 337 g/mol. The van der Waals surface area contributed by atoms with Crippen LogP contribution in [0.15, 0.2) is 0 Å². The van der Waals surface area contributed by atoms with Crippen molar-refractivity contribution in [2.24, 2.45) is 0 Å². The number of aromatic carboxylic acids is 1. The minimum Gasteiger partial charge on any atom is -0.477 e. The topological polar surface area (TPSA) is 85.7 Å². The summed E-state index contributed by atoms with van der Waals surface area (Å²) in [4.78, 5) is 15.9. The molecule has 1 fully saturated rings. The van der Waals surface area contributed by atoms with Crippen LogP contribution in [0.5, 0.6) is 0 Å². The van der Waals surface area contributed by atoms with Crippen LogP contribution in [0.3, 0.4) is 0 Å². The fraction of sp³-hybridized carbons (Fsp3) is 0.600. The van der Waals surface area contributed by atoms with Crippen LogP contribution in [0.2, 0.25) is 0 Å². The van der Waals surface area contributed by atoms with Crippen molar-refractivity contribution in [1.29, 1.82) is 0 Å². The van der Waals surface area contributed by atoms with E-state index in [-0.39, 0.29) is 10.0 Å². The van der Waals surface area contributed by atoms with Crippen molar-refractivity contribution in [2.75, 3.05) is 44.2 Å². The third-order valence-electron chi connectivity index (χ3n) is 3.31. The van der Waals surface area contributed by atoms with E-state index in [1.54, 1.807) is 23.9 Å². The molecule has 0 radical (unpaired) electrons. The molecular formula is C10H17N4O3S3+. The number of aromatic nitrogens is 1.